The molecule has 4 rings (SSSR count). The van der Waals surface area contributed by atoms with Crippen LogP contribution in [0.2, 0.25) is 0 Å². The van der Waals surface area contributed by atoms with Gasteiger partial charge in [-0.1, -0.05) is 78.9 Å². The van der Waals surface area contributed by atoms with E-state index >= 15 is 4.79 Å². The third kappa shape index (κ3) is 25.5. The third-order valence-corrected chi connectivity index (χ3v) is 15.3. The molecule has 93 heavy (non-hydrogen) atoms. The number of aliphatic hydroxyl groups is 4. The topological polar surface area (TPSA) is 538 Å². The van der Waals surface area contributed by atoms with Crippen LogP contribution in [0.1, 0.15) is 75.0 Å². The molecule has 0 radical (unpaired) electrons. The molecular weight excluding hydrogens is 1210 g/mol. The van der Waals surface area contributed by atoms with Crippen LogP contribution in [0.4, 0.5) is 0 Å². The van der Waals surface area contributed by atoms with E-state index in [9.17, 15) is 68.7 Å². The molecule has 0 aliphatic carbocycles. The van der Waals surface area contributed by atoms with Crippen molar-refractivity contribution in [3.63, 3.8) is 0 Å². The van der Waals surface area contributed by atoms with Crippen molar-refractivity contribution in [2.75, 3.05) is 52.6 Å². The number of H-pyrrole nitrogens is 1. The van der Waals surface area contributed by atoms with E-state index < -0.39 is 158 Å². The number of aromatic amines is 1. The summed E-state index contributed by atoms with van der Waals surface area (Å²) in [6.45, 7) is -1.46. The standard InChI is InChI=1S/C62H94N16O15/c1-36(47(28-37-14-4-2-5-15-37)73-55(85)44(21-11-25-64)72-60(90)50(33-80)76-53(83)41(67)32-79)69-43(20-10-24-63)54(84)75-49(30-39-31-68-42-19-9-8-18-40(39)42)59(89)71-45(22-12-26-65)56(86)74-48(29-38-16-6-3-7-17-38)58(88)70-46(23-13-27-66)57(87)77-51(34-81)61(91)78-52(35-82)62(92)93/h2-9,14-19,31,36,41,43-52,68-69,79-82H,10-13,20-30,32-35,63-67H2,1H3,(H,70,88)(H,71,89)(H,72,90)(H,73,85)(H,74,86)(H,75,84)(H,76,83)(H,77,87)(H,78,91)(H,92,93)/t36?,41-,43-,44-,45-,46-,47-,48-,49-,50-,51-,52-/m0/s1. The number of carboxylic acids is 1. The molecule has 1 heterocycles. The van der Waals surface area contributed by atoms with Gasteiger partial charge in [-0.15, -0.1) is 0 Å². The molecule has 9 amide bonds. The third-order valence-electron chi connectivity index (χ3n) is 15.3. The summed E-state index contributed by atoms with van der Waals surface area (Å²) in [5, 5.41) is 75.5. The van der Waals surface area contributed by atoms with Crippen LogP contribution in [0, 0.1) is 0 Å². The molecule has 3 aromatic carbocycles. The highest BCUT2D eigenvalue weighted by Crippen LogP contribution is 2.20. The second-order valence-electron chi connectivity index (χ2n) is 22.5. The number of amides is 9. The minimum absolute atomic E-state index is 0.0394. The van der Waals surface area contributed by atoms with Gasteiger partial charge < -0.3 is 112 Å². The summed E-state index contributed by atoms with van der Waals surface area (Å²) in [6, 6.07) is 8.93. The Morgan fingerprint density at radius 3 is 1.22 bits per heavy atom. The van der Waals surface area contributed by atoms with Crippen LogP contribution in [-0.4, -0.2) is 215 Å². The van der Waals surface area contributed by atoms with Crippen molar-refractivity contribution in [3.8, 4) is 0 Å². The molecule has 0 saturated heterocycles. The molecule has 0 aliphatic heterocycles. The Hall–Kier alpha value is -8.50. The summed E-state index contributed by atoms with van der Waals surface area (Å²) in [5.41, 5.74) is 31.9. The molecule has 0 bridgehead atoms. The summed E-state index contributed by atoms with van der Waals surface area (Å²) in [4.78, 5) is 141. The number of benzene rings is 3. The fourth-order valence-corrected chi connectivity index (χ4v) is 9.95. The average molecular weight is 1300 g/mol. The molecule has 31 heteroatoms. The van der Waals surface area contributed by atoms with E-state index in [4.69, 9.17) is 28.7 Å². The molecule has 0 saturated carbocycles. The lowest BCUT2D eigenvalue weighted by Gasteiger charge is -2.32. The Morgan fingerprint density at radius 1 is 0.409 bits per heavy atom. The van der Waals surface area contributed by atoms with Crippen molar-refractivity contribution < 1.29 is 73.5 Å². The van der Waals surface area contributed by atoms with E-state index in [0.717, 1.165) is 16.5 Å². The first-order chi connectivity index (χ1) is 44.6. The van der Waals surface area contributed by atoms with Crippen molar-refractivity contribution in [1.82, 2.24) is 58.2 Å². The van der Waals surface area contributed by atoms with Gasteiger partial charge >= 0.3 is 5.97 Å². The quantitative estimate of drug-likeness (QED) is 0.0196. The molecule has 0 aliphatic rings. The zero-order valence-electron chi connectivity index (χ0n) is 52.2. The lowest BCUT2D eigenvalue weighted by Crippen LogP contribution is -2.62. The van der Waals surface area contributed by atoms with Gasteiger partial charge in [-0.3, -0.25) is 43.2 Å². The van der Waals surface area contributed by atoms with E-state index in [1.54, 1.807) is 61.7 Å². The number of para-hydroxylation sites is 1. The normalized spacial score (nSPS) is 15.2. The van der Waals surface area contributed by atoms with Crippen LogP contribution in [0.15, 0.2) is 91.1 Å². The number of rotatable bonds is 44. The number of carboxylic acid groups (broad SMARTS) is 1. The minimum atomic E-state index is -1.76. The molecule has 1 unspecified atom stereocenters. The predicted octanol–water partition coefficient (Wildman–Crippen LogP) is -5.76. The number of aliphatic hydroxyl groups excluding tert-OH is 4. The SMILES string of the molecule is CC(N[C@@H](CCCN)C(=O)N[C@@H](Cc1c[nH]c2ccccc12)C(=O)N[C@@H](CCCN)C(=O)N[C@@H](Cc1ccccc1)C(=O)N[C@@H](CCCN)C(=O)N[C@@H](CO)C(=O)N[C@@H](CO)C(=O)O)[C@H](Cc1ccccc1)NC(=O)[C@H](CCCN)NC(=O)[C@H](CO)NC(=O)[C@@H](N)CO. The molecule has 0 spiro atoms. The largest absolute Gasteiger partial charge is 0.480 e. The smallest absolute Gasteiger partial charge is 0.328 e. The van der Waals surface area contributed by atoms with Gasteiger partial charge in [-0.2, -0.15) is 0 Å². The second kappa shape index (κ2) is 41.2. The Labute approximate surface area is 539 Å². The molecule has 1 aromatic heterocycles. The maximum atomic E-state index is 15.0. The number of carbonyl (C=O) groups excluding carboxylic acids is 9. The van der Waals surface area contributed by atoms with Gasteiger partial charge in [0.1, 0.15) is 54.4 Å². The van der Waals surface area contributed by atoms with Crippen molar-refractivity contribution >= 4 is 70.0 Å². The molecule has 31 nitrogen and oxygen atoms in total. The minimum Gasteiger partial charge on any atom is -0.480 e. The number of aromatic nitrogens is 1. The van der Waals surface area contributed by atoms with Gasteiger partial charge in [0.15, 0.2) is 0 Å². The average Bonchev–Trinajstić information content (AvgIpc) is 1.79. The van der Waals surface area contributed by atoms with E-state index in [2.05, 4.69) is 52.8 Å². The monoisotopic (exact) mass is 1300 g/mol. The number of hydrogen-bond donors (Lipinski definition) is 21. The van der Waals surface area contributed by atoms with Gasteiger partial charge in [0.25, 0.3) is 0 Å². The lowest BCUT2D eigenvalue weighted by molar-refractivity contribution is -0.143. The first-order valence-electron chi connectivity index (χ1n) is 31.0. The number of fused-ring (bicyclic) bond motifs is 1. The summed E-state index contributed by atoms with van der Waals surface area (Å²) >= 11 is 0. The van der Waals surface area contributed by atoms with Crippen LogP contribution in [0.25, 0.3) is 10.9 Å². The number of aliphatic carboxylic acids is 1. The Bertz CT molecular complexity index is 3020. The van der Waals surface area contributed by atoms with Crippen LogP contribution in [-0.2, 0) is 67.2 Å². The van der Waals surface area contributed by atoms with Gasteiger partial charge in [-0.05, 0) is 114 Å². The molecule has 26 N–H and O–H groups in total. The van der Waals surface area contributed by atoms with Crippen molar-refractivity contribution in [2.24, 2.45) is 28.7 Å². The lowest BCUT2D eigenvalue weighted by atomic mass is 9.97. The highest BCUT2D eigenvalue weighted by molar-refractivity contribution is 5.98. The van der Waals surface area contributed by atoms with Gasteiger partial charge in [0.05, 0.1) is 32.5 Å². The predicted molar refractivity (Wildman–Crippen MR) is 343 cm³/mol. The summed E-state index contributed by atoms with van der Waals surface area (Å²) in [5.74, 6) is -9.42. The molecule has 512 valence electrons. The number of hydrogen-bond acceptors (Lipinski definition) is 20. The Balaban J connectivity index is 1.68. The second-order valence-corrected chi connectivity index (χ2v) is 22.5. The maximum absolute atomic E-state index is 15.0. The van der Waals surface area contributed by atoms with Crippen LogP contribution in [0.3, 0.4) is 0 Å². The molecule has 12 atom stereocenters. The molecule has 4 aromatic rings. The van der Waals surface area contributed by atoms with E-state index in [0.29, 0.717) is 17.5 Å². The first-order valence-corrected chi connectivity index (χ1v) is 31.0. The Morgan fingerprint density at radius 2 is 0.763 bits per heavy atom. The first kappa shape index (κ1) is 77.0. The highest BCUT2D eigenvalue weighted by Gasteiger charge is 2.36. The summed E-state index contributed by atoms with van der Waals surface area (Å²) in [6.07, 6.45) is 2.56. The van der Waals surface area contributed by atoms with Crippen molar-refractivity contribution in [3.05, 3.63) is 108 Å². The van der Waals surface area contributed by atoms with E-state index in [1.807, 2.05) is 41.7 Å². The van der Waals surface area contributed by atoms with Crippen molar-refractivity contribution in [2.45, 2.75) is 150 Å². The number of nitrogens with one attached hydrogen (secondary N) is 11. The van der Waals surface area contributed by atoms with Crippen LogP contribution in [0.5, 0.6) is 0 Å². The zero-order valence-corrected chi connectivity index (χ0v) is 52.2. The van der Waals surface area contributed by atoms with E-state index in [-0.39, 0.29) is 90.4 Å². The van der Waals surface area contributed by atoms with Gasteiger partial charge in [-0.25, -0.2) is 4.79 Å². The van der Waals surface area contributed by atoms with Crippen molar-refractivity contribution in [1.29, 1.82) is 0 Å². The van der Waals surface area contributed by atoms with Crippen LogP contribution >= 0.6 is 0 Å². The van der Waals surface area contributed by atoms with E-state index in [1.165, 1.54) is 0 Å². The van der Waals surface area contributed by atoms with Gasteiger partial charge in [0.2, 0.25) is 53.2 Å². The summed E-state index contributed by atoms with van der Waals surface area (Å²) < 4.78 is 0. The van der Waals surface area contributed by atoms with Gasteiger partial charge in [0, 0.05) is 42.0 Å². The zero-order chi connectivity index (χ0) is 68.4. The maximum Gasteiger partial charge on any atom is 0.328 e. The fourth-order valence-electron chi connectivity index (χ4n) is 9.95. The molecule has 0 fully saturated rings. The molecular formula is C62H94N16O15. The number of nitrogens with two attached hydrogens (primary N) is 5. The Kier molecular flexibility index (Phi) is 34.1. The fraction of sp³-hybridized carbons (Fsp3) is 0.516. The van der Waals surface area contributed by atoms with Crippen LogP contribution < -0.4 is 81.8 Å². The number of carbonyl (C=O) groups is 10. The summed E-state index contributed by atoms with van der Waals surface area (Å²) in [7, 11) is 0. The highest BCUT2D eigenvalue weighted by atomic mass is 16.4.